The number of benzene rings is 1. The maximum absolute atomic E-state index is 5.96. The predicted molar refractivity (Wildman–Crippen MR) is 130 cm³/mol. The fourth-order valence-corrected chi connectivity index (χ4v) is 4.24. The van der Waals surface area contributed by atoms with E-state index in [-0.39, 0.29) is 30.1 Å². The molecule has 0 radical (unpaired) electrons. The number of halogens is 1. The molecule has 2 N–H and O–H groups in total. The molecule has 29 heavy (non-hydrogen) atoms. The molecule has 2 fully saturated rings. The number of hydrogen-bond donors (Lipinski definition) is 2. The van der Waals surface area contributed by atoms with E-state index in [2.05, 4.69) is 27.4 Å². The highest BCUT2D eigenvalue weighted by molar-refractivity contribution is 14.0. The van der Waals surface area contributed by atoms with Crippen molar-refractivity contribution >= 4 is 29.9 Å². The summed E-state index contributed by atoms with van der Waals surface area (Å²) in [5, 5.41) is 6.99. The van der Waals surface area contributed by atoms with Crippen molar-refractivity contribution in [2.24, 2.45) is 4.99 Å². The number of nitrogens with zero attached hydrogens (tertiary/aromatic N) is 2. The SMILES string of the molecule is CN=C(NCC(C)Oc1ccc(OC)cc1)NC1CCN(C2CCCC2)CC1.I. The highest BCUT2D eigenvalue weighted by Gasteiger charge is 2.27. The zero-order valence-corrected chi connectivity index (χ0v) is 20.4. The third-order valence-corrected chi connectivity index (χ3v) is 5.89. The van der Waals surface area contributed by atoms with Crippen LogP contribution in [0.3, 0.4) is 0 Å². The fraction of sp³-hybridized carbons (Fsp3) is 0.682. The van der Waals surface area contributed by atoms with Gasteiger partial charge in [0.25, 0.3) is 0 Å². The first kappa shape index (κ1) is 24.1. The first-order valence-corrected chi connectivity index (χ1v) is 10.7. The van der Waals surface area contributed by atoms with E-state index in [1.807, 2.05) is 31.3 Å². The first-order chi connectivity index (χ1) is 13.7. The summed E-state index contributed by atoms with van der Waals surface area (Å²) in [5.41, 5.74) is 0. The van der Waals surface area contributed by atoms with Gasteiger partial charge in [0, 0.05) is 32.2 Å². The van der Waals surface area contributed by atoms with E-state index in [1.54, 1.807) is 7.11 Å². The second kappa shape index (κ2) is 12.5. The molecule has 164 valence electrons. The minimum Gasteiger partial charge on any atom is -0.497 e. The van der Waals surface area contributed by atoms with Gasteiger partial charge in [-0.2, -0.15) is 0 Å². The lowest BCUT2D eigenvalue weighted by Gasteiger charge is -2.36. The Morgan fingerprint density at radius 2 is 1.72 bits per heavy atom. The molecule has 1 heterocycles. The summed E-state index contributed by atoms with van der Waals surface area (Å²) in [5.74, 6) is 2.54. The van der Waals surface area contributed by atoms with Crippen molar-refractivity contribution in [3.63, 3.8) is 0 Å². The van der Waals surface area contributed by atoms with Crippen LogP contribution < -0.4 is 20.1 Å². The Labute approximate surface area is 192 Å². The minimum atomic E-state index is 0. The Kier molecular flexibility index (Phi) is 10.3. The number of methoxy groups -OCH3 is 1. The Morgan fingerprint density at radius 3 is 2.31 bits per heavy atom. The van der Waals surface area contributed by atoms with Crippen LogP contribution in [0.25, 0.3) is 0 Å². The fourth-order valence-electron chi connectivity index (χ4n) is 4.24. The molecule has 0 aromatic heterocycles. The molecule has 6 nitrogen and oxygen atoms in total. The van der Waals surface area contributed by atoms with Crippen LogP contribution in [0.4, 0.5) is 0 Å². The van der Waals surface area contributed by atoms with Crippen molar-refractivity contribution in [1.29, 1.82) is 0 Å². The van der Waals surface area contributed by atoms with Crippen LogP contribution in [0.1, 0.15) is 45.4 Å². The number of nitrogens with one attached hydrogen (secondary N) is 2. The molecule has 0 amide bonds. The van der Waals surface area contributed by atoms with Gasteiger partial charge in [-0.25, -0.2) is 0 Å². The number of piperidine rings is 1. The van der Waals surface area contributed by atoms with Crippen molar-refractivity contribution in [3.8, 4) is 11.5 Å². The highest BCUT2D eigenvalue weighted by Crippen LogP contribution is 2.26. The molecule has 1 saturated heterocycles. The Morgan fingerprint density at radius 1 is 1.10 bits per heavy atom. The summed E-state index contributed by atoms with van der Waals surface area (Å²) >= 11 is 0. The Balaban J connectivity index is 0.00000300. The molecule has 3 rings (SSSR count). The standard InChI is InChI=1S/C22H36N4O2.HI/c1-17(28-21-10-8-20(27-3)9-11-21)16-24-22(23-2)25-18-12-14-26(15-13-18)19-6-4-5-7-19;/h8-11,17-19H,4-7,12-16H2,1-3H3,(H2,23,24,25);1H. The van der Waals surface area contributed by atoms with Crippen LogP contribution in [0.2, 0.25) is 0 Å². The monoisotopic (exact) mass is 516 g/mol. The second-order valence-corrected chi connectivity index (χ2v) is 7.95. The maximum atomic E-state index is 5.96. The smallest absolute Gasteiger partial charge is 0.191 e. The minimum absolute atomic E-state index is 0. The van der Waals surface area contributed by atoms with E-state index in [9.17, 15) is 0 Å². The number of ether oxygens (including phenoxy) is 2. The largest absolute Gasteiger partial charge is 0.497 e. The van der Waals surface area contributed by atoms with Crippen molar-refractivity contribution in [2.75, 3.05) is 33.8 Å². The van der Waals surface area contributed by atoms with Gasteiger partial charge in [0.2, 0.25) is 0 Å². The van der Waals surface area contributed by atoms with Gasteiger partial charge in [-0.05, 0) is 56.9 Å². The van der Waals surface area contributed by atoms with Gasteiger partial charge >= 0.3 is 0 Å². The first-order valence-electron chi connectivity index (χ1n) is 10.7. The molecule has 1 unspecified atom stereocenters. The van der Waals surface area contributed by atoms with Crippen LogP contribution in [0.15, 0.2) is 29.3 Å². The van der Waals surface area contributed by atoms with Crippen LogP contribution in [-0.4, -0.2) is 62.8 Å². The third kappa shape index (κ3) is 7.51. The van der Waals surface area contributed by atoms with Crippen molar-refractivity contribution < 1.29 is 9.47 Å². The molecule has 1 aliphatic heterocycles. The van der Waals surface area contributed by atoms with Gasteiger partial charge in [0.05, 0.1) is 13.7 Å². The highest BCUT2D eigenvalue weighted by atomic mass is 127. The summed E-state index contributed by atoms with van der Waals surface area (Å²) < 4.78 is 11.1. The molecule has 1 aromatic carbocycles. The number of hydrogen-bond acceptors (Lipinski definition) is 4. The van der Waals surface area contributed by atoms with Gasteiger partial charge in [0.1, 0.15) is 17.6 Å². The summed E-state index contributed by atoms with van der Waals surface area (Å²) in [4.78, 5) is 7.09. The number of guanidine groups is 1. The van der Waals surface area contributed by atoms with E-state index in [0.717, 1.165) is 23.5 Å². The van der Waals surface area contributed by atoms with Crippen LogP contribution >= 0.6 is 24.0 Å². The summed E-state index contributed by atoms with van der Waals surface area (Å²) in [6.45, 7) is 5.17. The van der Waals surface area contributed by atoms with E-state index >= 15 is 0 Å². The molecule has 0 bridgehead atoms. The third-order valence-electron chi connectivity index (χ3n) is 5.89. The maximum Gasteiger partial charge on any atom is 0.191 e. The zero-order valence-electron chi connectivity index (χ0n) is 18.0. The molecule has 7 heteroatoms. The summed E-state index contributed by atoms with van der Waals surface area (Å²) in [6, 6.07) is 9.03. The summed E-state index contributed by atoms with van der Waals surface area (Å²) in [7, 11) is 3.50. The number of aliphatic imine (C=N–C) groups is 1. The van der Waals surface area contributed by atoms with Gasteiger partial charge in [0.15, 0.2) is 5.96 Å². The quantitative estimate of drug-likeness (QED) is 0.329. The average molecular weight is 516 g/mol. The number of likely N-dealkylation sites (tertiary alicyclic amines) is 1. The lowest BCUT2D eigenvalue weighted by atomic mass is 10.0. The predicted octanol–water partition coefficient (Wildman–Crippen LogP) is 3.65. The molecular weight excluding hydrogens is 479 g/mol. The Bertz CT molecular complexity index is 612. The lowest BCUT2D eigenvalue weighted by molar-refractivity contribution is 0.150. The molecule has 1 aliphatic carbocycles. The van der Waals surface area contributed by atoms with Crippen LogP contribution in [0, 0.1) is 0 Å². The molecule has 1 saturated carbocycles. The zero-order chi connectivity index (χ0) is 19.8. The van der Waals surface area contributed by atoms with E-state index in [1.165, 1.54) is 51.6 Å². The van der Waals surface area contributed by atoms with E-state index < -0.39 is 0 Å². The van der Waals surface area contributed by atoms with E-state index in [4.69, 9.17) is 9.47 Å². The van der Waals surface area contributed by atoms with Gasteiger partial charge in [-0.15, -0.1) is 24.0 Å². The molecule has 1 aromatic rings. The van der Waals surface area contributed by atoms with E-state index in [0.29, 0.717) is 12.6 Å². The number of rotatable bonds is 7. The summed E-state index contributed by atoms with van der Waals surface area (Å²) in [6.07, 6.45) is 8.04. The molecule has 2 aliphatic rings. The van der Waals surface area contributed by atoms with Gasteiger partial charge < -0.3 is 25.0 Å². The topological polar surface area (TPSA) is 58.1 Å². The normalized spacial score (nSPS) is 20.0. The van der Waals surface area contributed by atoms with Crippen molar-refractivity contribution in [1.82, 2.24) is 15.5 Å². The van der Waals surface area contributed by atoms with Crippen LogP contribution in [-0.2, 0) is 0 Å². The molecule has 0 spiro atoms. The van der Waals surface area contributed by atoms with Crippen molar-refractivity contribution in [3.05, 3.63) is 24.3 Å². The lowest BCUT2D eigenvalue weighted by Crippen LogP contribution is -2.51. The Hall–Kier alpha value is -1.22. The molecular formula is C22H37IN4O2. The van der Waals surface area contributed by atoms with Gasteiger partial charge in [-0.1, -0.05) is 12.8 Å². The van der Waals surface area contributed by atoms with Crippen LogP contribution in [0.5, 0.6) is 11.5 Å². The van der Waals surface area contributed by atoms with Crippen molar-refractivity contribution in [2.45, 2.75) is 63.6 Å². The average Bonchev–Trinajstić information content (AvgIpc) is 3.27. The molecule has 1 atom stereocenters. The van der Waals surface area contributed by atoms with Gasteiger partial charge in [-0.3, -0.25) is 4.99 Å². The second-order valence-electron chi connectivity index (χ2n) is 7.95.